The van der Waals surface area contributed by atoms with Crippen LogP contribution < -0.4 is 19.3 Å². The lowest BCUT2D eigenvalue weighted by Crippen LogP contribution is -2.25. The van der Waals surface area contributed by atoms with E-state index in [9.17, 15) is 0 Å². The van der Waals surface area contributed by atoms with Crippen LogP contribution in [0.2, 0.25) is 0 Å². The largest absolute Gasteiger partial charge is 0.493 e. The van der Waals surface area contributed by atoms with Crippen molar-refractivity contribution in [1.82, 2.24) is 9.97 Å². The maximum atomic E-state index is 5.54. The molecule has 0 aliphatic carbocycles. The van der Waals surface area contributed by atoms with Gasteiger partial charge in [-0.25, -0.2) is 4.98 Å². The number of hydrogen-bond acceptors (Lipinski definition) is 6. The van der Waals surface area contributed by atoms with Crippen molar-refractivity contribution in [2.24, 2.45) is 0 Å². The van der Waals surface area contributed by atoms with Crippen LogP contribution in [0, 0.1) is 0 Å². The monoisotopic (exact) mass is 416 g/mol. The zero-order chi connectivity index (χ0) is 21.9. The molecule has 0 saturated heterocycles. The molecule has 2 aromatic rings. The lowest BCUT2D eigenvalue weighted by atomic mass is 10.1. The molecule has 1 aromatic heterocycles. The molecule has 6 heteroatoms. The molecule has 2 rings (SSSR count). The van der Waals surface area contributed by atoms with Crippen LogP contribution in [0.5, 0.6) is 11.5 Å². The number of rotatable bonds is 14. The van der Waals surface area contributed by atoms with Gasteiger partial charge in [-0.15, -0.1) is 0 Å². The lowest BCUT2D eigenvalue weighted by molar-refractivity contribution is 0.356. The van der Waals surface area contributed by atoms with Gasteiger partial charge in [0.2, 0.25) is 5.95 Å². The zero-order valence-corrected chi connectivity index (χ0v) is 19.8. The Hall–Kier alpha value is -2.24. The first-order chi connectivity index (χ1) is 14.5. The summed E-state index contributed by atoms with van der Waals surface area (Å²) >= 11 is 0. The predicted octanol–water partition coefficient (Wildman–Crippen LogP) is 5.68. The van der Waals surface area contributed by atoms with Gasteiger partial charge in [0.05, 0.1) is 19.7 Å². The molecular weight excluding hydrogens is 376 g/mol. The van der Waals surface area contributed by atoms with E-state index >= 15 is 0 Å². The molecule has 168 valence electrons. The van der Waals surface area contributed by atoms with E-state index in [0.717, 1.165) is 48.6 Å². The highest BCUT2D eigenvalue weighted by Crippen LogP contribution is 2.36. The minimum absolute atomic E-state index is 0.691. The molecule has 0 aliphatic heterocycles. The van der Waals surface area contributed by atoms with Crippen LogP contribution in [0.3, 0.4) is 0 Å². The van der Waals surface area contributed by atoms with E-state index in [0.29, 0.717) is 11.5 Å². The van der Waals surface area contributed by atoms with Crippen LogP contribution in [0.15, 0.2) is 12.1 Å². The maximum Gasteiger partial charge on any atom is 0.227 e. The normalized spacial score (nSPS) is 11.0. The summed E-state index contributed by atoms with van der Waals surface area (Å²) in [5.41, 5.74) is 0.883. The summed E-state index contributed by atoms with van der Waals surface area (Å²) in [4.78, 5) is 14.3. The van der Waals surface area contributed by atoms with Crippen LogP contribution in [-0.2, 0) is 0 Å². The van der Waals surface area contributed by atoms with Gasteiger partial charge in [0.1, 0.15) is 5.82 Å². The molecule has 0 saturated carbocycles. The number of anilines is 2. The number of fused-ring (bicyclic) bond motifs is 1. The molecule has 0 fully saturated rings. The van der Waals surface area contributed by atoms with Crippen LogP contribution >= 0.6 is 0 Å². The molecular formula is C24H40N4O2. The van der Waals surface area contributed by atoms with Gasteiger partial charge in [0.25, 0.3) is 0 Å². The van der Waals surface area contributed by atoms with E-state index < -0.39 is 0 Å². The molecule has 30 heavy (non-hydrogen) atoms. The third-order valence-corrected chi connectivity index (χ3v) is 5.57. The van der Waals surface area contributed by atoms with E-state index in [1.807, 2.05) is 12.1 Å². The Balaban J connectivity index is 2.38. The predicted molar refractivity (Wildman–Crippen MR) is 127 cm³/mol. The second-order valence-corrected chi connectivity index (χ2v) is 8.04. The molecule has 0 N–H and O–H groups in total. The van der Waals surface area contributed by atoms with Crippen LogP contribution in [0.25, 0.3) is 10.9 Å². The molecule has 0 aliphatic rings. The fourth-order valence-electron chi connectivity index (χ4n) is 3.65. The standard InChI is InChI=1S/C24H40N4O2/c1-7-9-11-13-15-27(3)23-19-17-21(29-5)22(30-6)18-20(19)25-24(26-23)28(4)16-14-12-10-8-2/h17-18H,7-16H2,1-6H3. The summed E-state index contributed by atoms with van der Waals surface area (Å²) in [5, 5.41) is 0.994. The number of unbranched alkanes of at least 4 members (excludes halogenated alkanes) is 6. The van der Waals surface area contributed by atoms with Gasteiger partial charge in [-0.05, 0) is 18.9 Å². The Morgan fingerprint density at radius 3 is 1.87 bits per heavy atom. The minimum atomic E-state index is 0.691. The van der Waals surface area contributed by atoms with Crippen molar-refractivity contribution in [1.29, 1.82) is 0 Å². The van der Waals surface area contributed by atoms with Gasteiger partial charge >= 0.3 is 0 Å². The summed E-state index contributed by atoms with van der Waals surface area (Å²) < 4.78 is 11.1. The Labute approximate surface area is 182 Å². The fraction of sp³-hybridized carbons (Fsp3) is 0.667. The van der Waals surface area contributed by atoms with E-state index in [1.165, 1.54) is 38.5 Å². The fourth-order valence-corrected chi connectivity index (χ4v) is 3.65. The Morgan fingerprint density at radius 2 is 1.30 bits per heavy atom. The number of ether oxygens (including phenoxy) is 2. The first-order valence-electron chi connectivity index (χ1n) is 11.4. The Kier molecular flexibility index (Phi) is 9.98. The molecule has 1 heterocycles. The first kappa shape index (κ1) is 24.0. The van der Waals surface area contributed by atoms with E-state index in [2.05, 4.69) is 37.7 Å². The summed E-state index contributed by atoms with van der Waals surface area (Å²) in [7, 11) is 7.53. The van der Waals surface area contributed by atoms with Gasteiger partial charge in [-0.3, -0.25) is 0 Å². The molecule has 0 bridgehead atoms. The van der Waals surface area contributed by atoms with Gasteiger partial charge in [0, 0.05) is 38.6 Å². The van der Waals surface area contributed by atoms with E-state index in [-0.39, 0.29) is 0 Å². The Morgan fingerprint density at radius 1 is 0.733 bits per heavy atom. The third kappa shape index (κ3) is 6.38. The topological polar surface area (TPSA) is 50.7 Å². The summed E-state index contributed by atoms with van der Waals surface area (Å²) in [6.07, 6.45) is 9.82. The molecule has 0 unspecified atom stereocenters. The highest BCUT2D eigenvalue weighted by molar-refractivity contribution is 5.93. The van der Waals surface area contributed by atoms with Gasteiger partial charge < -0.3 is 19.3 Å². The van der Waals surface area contributed by atoms with Gasteiger partial charge in [-0.2, -0.15) is 4.98 Å². The smallest absolute Gasteiger partial charge is 0.227 e. The van der Waals surface area contributed by atoms with Gasteiger partial charge in [-0.1, -0.05) is 52.4 Å². The molecule has 0 radical (unpaired) electrons. The number of methoxy groups -OCH3 is 2. The maximum absolute atomic E-state index is 5.54. The molecule has 1 aromatic carbocycles. The second-order valence-electron chi connectivity index (χ2n) is 8.04. The van der Waals surface area contributed by atoms with Crippen molar-refractivity contribution in [2.45, 2.75) is 65.2 Å². The van der Waals surface area contributed by atoms with Gasteiger partial charge in [0.15, 0.2) is 11.5 Å². The van der Waals surface area contributed by atoms with Crippen LogP contribution in [0.4, 0.5) is 11.8 Å². The number of hydrogen-bond donors (Lipinski definition) is 0. The molecule has 0 atom stereocenters. The average Bonchev–Trinajstić information content (AvgIpc) is 2.77. The Bertz CT molecular complexity index is 781. The van der Waals surface area contributed by atoms with Crippen molar-refractivity contribution < 1.29 is 9.47 Å². The summed E-state index contributed by atoms with van der Waals surface area (Å²) in [6.45, 7) is 6.41. The van der Waals surface area contributed by atoms with Crippen molar-refractivity contribution in [2.75, 3.05) is 51.2 Å². The molecule has 6 nitrogen and oxygen atoms in total. The van der Waals surface area contributed by atoms with Crippen molar-refractivity contribution >= 4 is 22.7 Å². The van der Waals surface area contributed by atoms with Crippen molar-refractivity contribution in [3.8, 4) is 11.5 Å². The SMILES string of the molecule is CCCCCCN(C)c1nc(N(C)CCCCCC)c2cc(OC)c(OC)cc2n1. The minimum Gasteiger partial charge on any atom is -0.493 e. The number of aromatic nitrogens is 2. The second kappa shape index (κ2) is 12.5. The summed E-state index contributed by atoms with van der Waals surface area (Å²) in [5.74, 6) is 3.11. The van der Waals surface area contributed by atoms with Crippen LogP contribution in [-0.4, -0.2) is 51.4 Å². The van der Waals surface area contributed by atoms with Crippen LogP contribution in [0.1, 0.15) is 65.2 Å². The number of nitrogens with zero attached hydrogens (tertiary/aromatic N) is 4. The lowest BCUT2D eigenvalue weighted by Gasteiger charge is -2.24. The third-order valence-electron chi connectivity index (χ3n) is 5.57. The molecule has 0 amide bonds. The highest BCUT2D eigenvalue weighted by Gasteiger charge is 2.17. The van der Waals surface area contributed by atoms with Crippen molar-refractivity contribution in [3.63, 3.8) is 0 Å². The highest BCUT2D eigenvalue weighted by atomic mass is 16.5. The molecule has 0 spiro atoms. The number of benzene rings is 1. The zero-order valence-electron chi connectivity index (χ0n) is 19.8. The van der Waals surface area contributed by atoms with Crippen molar-refractivity contribution in [3.05, 3.63) is 12.1 Å². The van der Waals surface area contributed by atoms with E-state index in [1.54, 1.807) is 14.2 Å². The average molecular weight is 417 g/mol. The van der Waals surface area contributed by atoms with E-state index in [4.69, 9.17) is 19.4 Å². The first-order valence-corrected chi connectivity index (χ1v) is 11.4. The summed E-state index contributed by atoms with van der Waals surface area (Å²) in [6, 6.07) is 3.95. The quantitative estimate of drug-likeness (QED) is 0.369.